The first-order valence-electron chi connectivity index (χ1n) is 12.1. The number of pyridine rings is 1. The lowest BCUT2D eigenvalue weighted by Crippen LogP contribution is -2.37. The molecule has 2 aliphatic heterocycles. The lowest BCUT2D eigenvalue weighted by molar-refractivity contribution is 0.0772. The summed E-state index contributed by atoms with van der Waals surface area (Å²) < 4.78 is 1.21. The number of thioether (sulfide) groups is 1. The molecule has 4 heterocycles. The molecule has 0 spiro atoms. The molecule has 1 N–H and O–H groups in total. The Morgan fingerprint density at radius 1 is 1.00 bits per heavy atom. The zero-order valence-corrected chi connectivity index (χ0v) is 20.7. The molecule has 2 aliphatic rings. The van der Waals surface area contributed by atoms with Crippen LogP contribution in [0, 0.1) is 0 Å². The molecule has 0 aliphatic carbocycles. The van der Waals surface area contributed by atoms with E-state index in [2.05, 4.69) is 27.7 Å². The highest BCUT2D eigenvalue weighted by atomic mass is 32.2. The first-order valence-corrected chi connectivity index (χ1v) is 14.1. The minimum atomic E-state index is 0.138. The van der Waals surface area contributed by atoms with Gasteiger partial charge >= 0.3 is 0 Å². The maximum Gasteiger partial charge on any atom is 0.253 e. The molecule has 1 amide bonds. The molecule has 2 aromatic heterocycles. The van der Waals surface area contributed by atoms with Crippen LogP contribution in [0.4, 0.5) is 5.69 Å². The summed E-state index contributed by atoms with van der Waals surface area (Å²) >= 11 is 3.66. The number of likely N-dealkylation sites (tertiary alicyclic amines) is 1. The number of benzene rings is 1. The highest BCUT2D eigenvalue weighted by Crippen LogP contribution is 2.32. The van der Waals surface area contributed by atoms with Gasteiger partial charge in [0, 0.05) is 42.3 Å². The fraction of sp³-hybridized carbons (Fsp3) is 0.462. The number of piperidine rings is 1. The number of amides is 1. The van der Waals surface area contributed by atoms with Crippen molar-refractivity contribution < 1.29 is 4.79 Å². The van der Waals surface area contributed by atoms with Crippen LogP contribution in [-0.2, 0) is 0 Å². The summed E-state index contributed by atoms with van der Waals surface area (Å²) in [6.07, 6.45) is 5.23. The standard InChI is InChI=1S/C26H32N4OS2/c31-26(30-14-17-32-18-15-30)21-7-5-20(6-8-21)23-19-24(25-22(28-23)9-16-33-25)27-10-4-13-29-11-2-1-3-12-29/h5-9,16,19H,1-4,10-15,17-18H2,(H,27,28). The summed E-state index contributed by atoms with van der Waals surface area (Å²) in [5.74, 6) is 2.20. The maximum atomic E-state index is 12.8. The summed E-state index contributed by atoms with van der Waals surface area (Å²) in [6, 6.07) is 12.2. The Kier molecular flexibility index (Phi) is 7.49. The third-order valence-corrected chi connectivity index (χ3v) is 8.43. The second-order valence-corrected chi connectivity index (χ2v) is 11.0. The molecular weight excluding hydrogens is 448 g/mol. The molecule has 2 fully saturated rings. The molecule has 2 saturated heterocycles. The van der Waals surface area contributed by atoms with Crippen LogP contribution in [0.25, 0.3) is 21.5 Å². The molecule has 174 valence electrons. The molecule has 3 aromatic rings. The number of rotatable bonds is 7. The smallest absolute Gasteiger partial charge is 0.253 e. The fourth-order valence-electron chi connectivity index (χ4n) is 4.68. The van der Waals surface area contributed by atoms with Gasteiger partial charge in [0.25, 0.3) is 5.91 Å². The van der Waals surface area contributed by atoms with Crippen LogP contribution in [0.3, 0.4) is 0 Å². The minimum absolute atomic E-state index is 0.138. The van der Waals surface area contributed by atoms with Gasteiger partial charge in [-0.1, -0.05) is 18.6 Å². The van der Waals surface area contributed by atoms with Crippen LogP contribution >= 0.6 is 23.1 Å². The Morgan fingerprint density at radius 2 is 1.79 bits per heavy atom. The van der Waals surface area contributed by atoms with Crippen LogP contribution < -0.4 is 5.32 Å². The van der Waals surface area contributed by atoms with Gasteiger partial charge in [0.2, 0.25) is 0 Å². The maximum absolute atomic E-state index is 12.8. The van der Waals surface area contributed by atoms with E-state index in [4.69, 9.17) is 4.98 Å². The van der Waals surface area contributed by atoms with Crippen molar-refractivity contribution in [2.24, 2.45) is 0 Å². The van der Waals surface area contributed by atoms with Gasteiger partial charge < -0.3 is 15.1 Å². The van der Waals surface area contributed by atoms with Crippen molar-refractivity contribution in [1.82, 2.24) is 14.8 Å². The van der Waals surface area contributed by atoms with E-state index >= 15 is 0 Å². The van der Waals surface area contributed by atoms with Gasteiger partial charge in [-0.25, -0.2) is 4.98 Å². The van der Waals surface area contributed by atoms with Gasteiger partial charge in [0.05, 0.1) is 21.6 Å². The van der Waals surface area contributed by atoms with Crippen molar-refractivity contribution in [2.45, 2.75) is 25.7 Å². The fourth-order valence-corrected chi connectivity index (χ4v) is 6.41. The van der Waals surface area contributed by atoms with Gasteiger partial charge in [-0.05, 0) is 68.5 Å². The quantitative estimate of drug-likeness (QED) is 0.456. The molecule has 5 rings (SSSR count). The highest BCUT2D eigenvalue weighted by molar-refractivity contribution is 7.99. The first-order chi connectivity index (χ1) is 16.3. The third-order valence-electron chi connectivity index (χ3n) is 6.55. The van der Waals surface area contributed by atoms with Crippen LogP contribution in [0.5, 0.6) is 0 Å². The second kappa shape index (κ2) is 10.9. The van der Waals surface area contributed by atoms with Gasteiger partial charge in [-0.15, -0.1) is 11.3 Å². The minimum Gasteiger partial charge on any atom is -0.384 e. The molecule has 0 unspecified atom stereocenters. The van der Waals surface area contributed by atoms with E-state index in [0.717, 1.165) is 65.6 Å². The predicted molar refractivity (Wildman–Crippen MR) is 142 cm³/mol. The summed E-state index contributed by atoms with van der Waals surface area (Å²) in [6.45, 7) is 6.33. The zero-order chi connectivity index (χ0) is 22.5. The Bertz CT molecular complexity index is 1070. The highest BCUT2D eigenvalue weighted by Gasteiger charge is 2.18. The summed E-state index contributed by atoms with van der Waals surface area (Å²) in [4.78, 5) is 22.2. The molecule has 0 radical (unpaired) electrons. The van der Waals surface area contributed by atoms with E-state index in [-0.39, 0.29) is 5.91 Å². The monoisotopic (exact) mass is 480 g/mol. The summed E-state index contributed by atoms with van der Waals surface area (Å²) in [7, 11) is 0. The molecular formula is C26H32N4OS2. The number of hydrogen-bond acceptors (Lipinski definition) is 6. The molecule has 33 heavy (non-hydrogen) atoms. The number of aromatic nitrogens is 1. The SMILES string of the molecule is O=C(c1ccc(-c2cc(NCCCN3CCCCC3)c3sccc3n2)cc1)N1CCSCC1. The van der Waals surface area contributed by atoms with E-state index in [9.17, 15) is 4.79 Å². The zero-order valence-electron chi connectivity index (χ0n) is 19.1. The number of carbonyl (C=O) groups is 1. The molecule has 0 atom stereocenters. The van der Waals surface area contributed by atoms with Crippen molar-refractivity contribution in [3.05, 3.63) is 47.3 Å². The number of fused-ring (bicyclic) bond motifs is 1. The Labute approximate surface area is 204 Å². The summed E-state index contributed by atoms with van der Waals surface area (Å²) in [5, 5.41) is 5.79. The molecule has 5 nitrogen and oxygen atoms in total. The third kappa shape index (κ3) is 5.53. The molecule has 0 bridgehead atoms. The Morgan fingerprint density at radius 3 is 2.58 bits per heavy atom. The number of nitrogens with one attached hydrogen (secondary N) is 1. The molecule has 1 aromatic carbocycles. The van der Waals surface area contributed by atoms with Crippen molar-refractivity contribution in [3.63, 3.8) is 0 Å². The largest absolute Gasteiger partial charge is 0.384 e. The van der Waals surface area contributed by atoms with Crippen molar-refractivity contribution in [3.8, 4) is 11.3 Å². The number of nitrogens with zero attached hydrogens (tertiary/aromatic N) is 3. The van der Waals surface area contributed by atoms with E-state index < -0.39 is 0 Å². The van der Waals surface area contributed by atoms with E-state index in [0.29, 0.717) is 0 Å². The van der Waals surface area contributed by atoms with Crippen molar-refractivity contribution in [2.75, 3.05) is 56.1 Å². The predicted octanol–water partition coefficient (Wildman–Crippen LogP) is 5.44. The van der Waals surface area contributed by atoms with Crippen molar-refractivity contribution in [1.29, 1.82) is 0 Å². The van der Waals surface area contributed by atoms with Crippen molar-refractivity contribution >= 4 is 44.9 Å². The number of carbonyl (C=O) groups excluding carboxylic acids is 1. The molecule has 0 saturated carbocycles. The van der Waals surface area contributed by atoms with Gasteiger partial charge in [0.15, 0.2) is 0 Å². The Hall–Kier alpha value is -2.09. The Balaban J connectivity index is 1.27. The average Bonchev–Trinajstić information content (AvgIpc) is 3.36. The van der Waals surface area contributed by atoms with E-state index in [1.54, 1.807) is 11.3 Å². The first kappa shape index (κ1) is 22.7. The van der Waals surface area contributed by atoms with Gasteiger partial charge in [-0.3, -0.25) is 4.79 Å². The number of hydrogen-bond donors (Lipinski definition) is 1. The normalized spacial score (nSPS) is 17.4. The van der Waals surface area contributed by atoms with Crippen LogP contribution in [0.1, 0.15) is 36.0 Å². The molecule has 7 heteroatoms. The van der Waals surface area contributed by atoms with Crippen LogP contribution in [0.15, 0.2) is 41.8 Å². The topological polar surface area (TPSA) is 48.5 Å². The lowest BCUT2D eigenvalue weighted by Gasteiger charge is -2.26. The van der Waals surface area contributed by atoms with E-state index in [1.807, 2.05) is 40.9 Å². The average molecular weight is 481 g/mol. The van der Waals surface area contributed by atoms with Gasteiger partial charge in [-0.2, -0.15) is 11.8 Å². The van der Waals surface area contributed by atoms with Crippen LogP contribution in [0.2, 0.25) is 0 Å². The number of anilines is 1. The van der Waals surface area contributed by atoms with Gasteiger partial charge in [0.1, 0.15) is 0 Å². The second-order valence-electron chi connectivity index (χ2n) is 8.85. The lowest BCUT2D eigenvalue weighted by atomic mass is 10.1. The number of thiophene rings is 1. The van der Waals surface area contributed by atoms with E-state index in [1.165, 1.54) is 43.6 Å². The van der Waals surface area contributed by atoms with Crippen LogP contribution in [-0.4, -0.2) is 71.5 Å². The summed E-state index contributed by atoms with van der Waals surface area (Å²) in [5.41, 5.74) is 4.95.